The van der Waals surface area contributed by atoms with Crippen LogP contribution in [0.1, 0.15) is 23.8 Å². The minimum atomic E-state index is -4.40. The number of pyridine rings is 1. The topological polar surface area (TPSA) is 92.9 Å². The number of amides is 1. The van der Waals surface area contributed by atoms with Gasteiger partial charge in [0.15, 0.2) is 5.69 Å². The van der Waals surface area contributed by atoms with Crippen molar-refractivity contribution in [1.29, 1.82) is 0 Å². The maximum atomic E-state index is 12.7. The molecule has 7 nitrogen and oxygen atoms in total. The van der Waals surface area contributed by atoms with E-state index in [0.717, 1.165) is 12.1 Å². The molecule has 0 spiro atoms. The van der Waals surface area contributed by atoms with Crippen LogP contribution in [-0.4, -0.2) is 27.6 Å². The molecule has 1 aliphatic heterocycles. The van der Waals surface area contributed by atoms with Crippen molar-refractivity contribution in [3.63, 3.8) is 0 Å². The van der Waals surface area contributed by atoms with Crippen molar-refractivity contribution in [2.75, 3.05) is 11.9 Å². The number of hydrogen-bond donors (Lipinski definition) is 2. The summed E-state index contributed by atoms with van der Waals surface area (Å²) in [7, 11) is 0. The maximum Gasteiger partial charge on any atom is 0.416 e. The summed E-state index contributed by atoms with van der Waals surface area (Å²) in [6, 6.07) is 7.97. The Morgan fingerprint density at radius 2 is 1.87 bits per heavy atom. The Hall–Kier alpha value is -3.69. The second-order valence-corrected chi connectivity index (χ2v) is 6.18. The molecule has 1 atom stereocenters. The third kappa shape index (κ3) is 4.48. The Labute approximate surface area is 170 Å². The number of hydrogen-bond acceptors (Lipinski definition) is 6. The van der Waals surface area contributed by atoms with Crippen LogP contribution in [0.15, 0.2) is 60.2 Å². The molecule has 3 aromatic rings. The van der Waals surface area contributed by atoms with Crippen LogP contribution in [0.5, 0.6) is 0 Å². The van der Waals surface area contributed by atoms with Gasteiger partial charge in [-0.1, -0.05) is 0 Å². The molecule has 2 aromatic heterocycles. The smallest absolute Gasteiger partial charge is 0.416 e. The van der Waals surface area contributed by atoms with Crippen LogP contribution in [0.25, 0.3) is 11.6 Å². The lowest BCUT2D eigenvalue weighted by Crippen LogP contribution is -2.18. The number of nitrogens with zero attached hydrogens (tertiary/aromatic N) is 3. The molecule has 156 valence electrons. The Balaban J connectivity index is 0.00000124. The first-order chi connectivity index (χ1) is 14.4. The minimum absolute atomic E-state index is 0.115. The van der Waals surface area contributed by atoms with Crippen molar-refractivity contribution in [2.45, 2.75) is 18.5 Å². The predicted octanol–water partition coefficient (Wildman–Crippen LogP) is 4.30. The lowest BCUT2D eigenvalue weighted by molar-refractivity contribution is -0.137. The van der Waals surface area contributed by atoms with Crippen LogP contribution in [0.2, 0.25) is 0 Å². The van der Waals surface area contributed by atoms with E-state index in [1.165, 1.54) is 18.3 Å². The zero-order valence-electron chi connectivity index (χ0n) is 15.7. The van der Waals surface area contributed by atoms with Gasteiger partial charge >= 0.3 is 6.18 Å². The van der Waals surface area contributed by atoms with Crippen LogP contribution in [0, 0.1) is 0 Å². The Bertz CT molecular complexity index is 1020. The van der Waals surface area contributed by atoms with Crippen LogP contribution in [0.4, 0.5) is 24.5 Å². The van der Waals surface area contributed by atoms with E-state index >= 15 is 0 Å². The van der Waals surface area contributed by atoms with Gasteiger partial charge in [0.2, 0.25) is 11.8 Å². The molecule has 1 amide bonds. The maximum absolute atomic E-state index is 12.7. The van der Waals surface area contributed by atoms with Crippen LogP contribution < -0.4 is 10.6 Å². The van der Waals surface area contributed by atoms with Gasteiger partial charge in [0.1, 0.15) is 5.92 Å². The van der Waals surface area contributed by atoms with E-state index in [-0.39, 0.29) is 17.7 Å². The Kier molecular flexibility index (Phi) is 6.14. The van der Waals surface area contributed by atoms with Crippen molar-refractivity contribution < 1.29 is 22.4 Å². The van der Waals surface area contributed by atoms with Crippen molar-refractivity contribution in [3.8, 4) is 11.6 Å². The summed E-state index contributed by atoms with van der Waals surface area (Å²) in [4.78, 5) is 16.0. The van der Waals surface area contributed by atoms with E-state index in [1.807, 2.05) is 0 Å². The standard InChI is InChI=1S/C18H14F3N5O2.C2H4/c19-18(20,21)10-3-5-11(6-4-10)24-13-2-1-8-22-14(13)17-26-25-16(28-17)12-7-9-23-15(12)27;1-2/h1-6,8,12,24H,7,9H2,(H,23,27);1-2H2. The number of carbonyl (C=O) groups excluding carboxylic acids is 1. The zero-order chi connectivity index (χ0) is 21.7. The average Bonchev–Trinajstić information content (AvgIpc) is 3.38. The number of anilines is 2. The Morgan fingerprint density at radius 3 is 2.50 bits per heavy atom. The van der Waals surface area contributed by atoms with Crippen molar-refractivity contribution >= 4 is 17.3 Å². The lowest BCUT2D eigenvalue weighted by Gasteiger charge is -2.11. The van der Waals surface area contributed by atoms with E-state index in [0.29, 0.717) is 30.0 Å². The predicted molar refractivity (Wildman–Crippen MR) is 104 cm³/mol. The molecule has 1 saturated heterocycles. The first-order valence-electron chi connectivity index (χ1n) is 8.92. The fourth-order valence-electron chi connectivity index (χ4n) is 2.88. The molecule has 0 radical (unpaired) electrons. The normalized spacial score (nSPS) is 15.8. The molecule has 0 bridgehead atoms. The molecule has 1 aromatic carbocycles. The number of carbonyl (C=O) groups is 1. The summed E-state index contributed by atoms with van der Waals surface area (Å²) in [6.45, 7) is 6.55. The van der Waals surface area contributed by atoms with Gasteiger partial charge in [-0.15, -0.1) is 23.4 Å². The summed E-state index contributed by atoms with van der Waals surface area (Å²) in [6.07, 6.45) is -2.30. The molecule has 0 aliphatic carbocycles. The second-order valence-electron chi connectivity index (χ2n) is 6.18. The van der Waals surface area contributed by atoms with Crippen molar-refractivity contribution in [3.05, 3.63) is 67.2 Å². The summed E-state index contributed by atoms with van der Waals surface area (Å²) in [5, 5.41) is 13.6. The van der Waals surface area contributed by atoms with E-state index in [4.69, 9.17) is 4.42 Å². The molecule has 1 unspecified atom stereocenters. The van der Waals surface area contributed by atoms with Gasteiger partial charge < -0.3 is 15.1 Å². The number of benzene rings is 1. The fraction of sp³-hybridized carbons (Fsp3) is 0.200. The molecule has 30 heavy (non-hydrogen) atoms. The van der Waals surface area contributed by atoms with Gasteiger partial charge in [-0.3, -0.25) is 4.79 Å². The first kappa shape index (κ1) is 21.0. The van der Waals surface area contributed by atoms with E-state index < -0.39 is 17.7 Å². The molecule has 4 rings (SSSR count). The second kappa shape index (κ2) is 8.76. The van der Waals surface area contributed by atoms with E-state index in [9.17, 15) is 18.0 Å². The molecule has 3 heterocycles. The molecular weight excluding hydrogens is 399 g/mol. The average molecular weight is 417 g/mol. The third-order valence-corrected chi connectivity index (χ3v) is 4.29. The number of alkyl halides is 3. The molecule has 0 saturated carbocycles. The van der Waals surface area contributed by atoms with Gasteiger partial charge in [-0.25, -0.2) is 4.98 Å². The van der Waals surface area contributed by atoms with Gasteiger partial charge in [0.25, 0.3) is 5.89 Å². The first-order valence-corrected chi connectivity index (χ1v) is 8.92. The third-order valence-electron chi connectivity index (χ3n) is 4.29. The largest absolute Gasteiger partial charge is 0.418 e. The summed E-state index contributed by atoms with van der Waals surface area (Å²) in [5.74, 6) is -0.337. The SMILES string of the molecule is C=C.O=C1NCCC1c1nnc(-c2ncccc2Nc2ccc(C(F)(F)F)cc2)o1. The molecular formula is C20H18F3N5O2. The van der Waals surface area contributed by atoms with Gasteiger partial charge in [-0.2, -0.15) is 13.2 Å². The summed E-state index contributed by atoms with van der Waals surface area (Å²) < 4.78 is 43.7. The van der Waals surface area contributed by atoms with Crippen molar-refractivity contribution in [1.82, 2.24) is 20.5 Å². The number of halogens is 3. The molecule has 2 N–H and O–H groups in total. The lowest BCUT2D eigenvalue weighted by atomic mass is 10.1. The van der Waals surface area contributed by atoms with Crippen molar-refractivity contribution in [2.24, 2.45) is 0 Å². The highest BCUT2D eigenvalue weighted by Crippen LogP contribution is 2.32. The van der Waals surface area contributed by atoms with Gasteiger partial charge in [-0.05, 0) is 42.8 Å². The van der Waals surface area contributed by atoms with Crippen LogP contribution in [-0.2, 0) is 11.0 Å². The highest BCUT2D eigenvalue weighted by molar-refractivity contribution is 5.84. The zero-order valence-corrected chi connectivity index (χ0v) is 15.7. The number of rotatable bonds is 4. The van der Waals surface area contributed by atoms with Crippen LogP contribution in [0.3, 0.4) is 0 Å². The highest BCUT2D eigenvalue weighted by atomic mass is 19.4. The van der Waals surface area contributed by atoms with Gasteiger partial charge in [0.05, 0.1) is 11.3 Å². The van der Waals surface area contributed by atoms with E-state index in [2.05, 4.69) is 39.0 Å². The number of nitrogens with one attached hydrogen (secondary N) is 2. The number of aromatic nitrogens is 3. The molecule has 10 heteroatoms. The Morgan fingerprint density at radius 1 is 1.13 bits per heavy atom. The van der Waals surface area contributed by atoms with Crippen LogP contribution >= 0.6 is 0 Å². The quantitative estimate of drug-likeness (QED) is 0.615. The highest BCUT2D eigenvalue weighted by Gasteiger charge is 2.32. The molecule has 1 fully saturated rings. The monoisotopic (exact) mass is 417 g/mol. The van der Waals surface area contributed by atoms with E-state index in [1.54, 1.807) is 12.1 Å². The minimum Gasteiger partial charge on any atom is -0.418 e. The van der Waals surface area contributed by atoms with Gasteiger partial charge in [0, 0.05) is 18.4 Å². The summed E-state index contributed by atoms with van der Waals surface area (Å²) in [5.41, 5.74) is 0.519. The molecule has 1 aliphatic rings. The fourth-order valence-corrected chi connectivity index (χ4v) is 2.88. The summed E-state index contributed by atoms with van der Waals surface area (Å²) >= 11 is 0.